The van der Waals surface area contributed by atoms with Gasteiger partial charge in [0.25, 0.3) is 0 Å². The van der Waals surface area contributed by atoms with Crippen molar-refractivity contribution in [1.29, 1.82) is 0 Å². The quantitative estimate of drug-likeness (QED) is 0.847. The Morgan fingerprint density at radius 1 is 1.24 bits per heavy atom. The van der Waals surface area contributed by atoms with Crippen LogP contribution in [0.4, 0.5) is 0 Å². The number of carbonyl (C=O) groups is 1. The van der Waals surface area contributed by atoms with Crippen molar-refractivity contribution in [1.82, 2.24) is 0 Å². The van der Waals surface area contributed by atoms with Gasteiger partial charge in [0.15, 0.2) is 9.84 Å². The SMILES string of the molecule is O=C(O)C1=C(c2ccccc2)S(=O)(=O)CCO1. The Morgan fingerprint density at radius 2 is 1.88 bits per heavy atom. The number of rotatable bonds is 2. The fourth-order valence-electron chi connectivity index (χ4n) is 1.62. The van der Waals surface area contributed by atoms with E-state index in [2.05, 4.69) is 0 Å². The van der Waals surface area contributed by atoms with Crippen molar-refractivity contribution < 1.29 is 23.1 Å². The summed E-state index contributed by atoms with van der Waals surface area (Å²) >= 11 is 0. The highest BCUT2D eigenvalue weighted by Gasteiger charge is 2.32. The van der Waals surface area contributed by atoms with Gasteiger partial charge in [0, 0.05) is 0 Å². The molecule has 0 saturated carbocycles. The number of sulfone groups is 1. The molecule has 90 valence electrons. The highest BCUT2D eigenvalue weighted by Crippen LogP contribution is 2.29. The molecule has 1 aliphatic rings. The zero-order valence-electron chi connectivity index (χ0n) is 8.79. The second kappa shape index (κ2) is 4.21. The molecule has 0 spiro atoms. The van der Waals surface area contributed by atoms with E-state index in [1.54, 1.807) is 30.3 Å². The third kappa shape index (κ3) is 2.16. The average molecular weight is 254 g/mol. The van der Waals surface area contributed by atoms with Crippen LogP contribution in [0.3, 0.4) is 0 Å². The predicted molar refractivity (Wildman–Crippen MR) is 60.7 cm³/mol. The molecule has 1 aliphatic heterocycles. The normalized spacial score (nSPS) is 18.6. The highest BCUT2D eigenvalue weighted by atomic mass is 32.2. The molecule has 6 heteroatoms. The molecule has 1 heterocycles. The van der Waals surface area contributed by atoms with Crippen molar-refractivity contribution in [2.75, 3.05) is 12.4 Å². The molecule has 0 amide bonds. The Kier molecular flexibility index (Phi) is 2.89. The number of aliphatic carboxylic acids is 1. The van der Waals surface area contributed by atoms with Crippen LogP contribution >= 0.6 is 0 Å². The minimum atomic E-state index is -3.60. The summed E-state index contributed by atoms with van der Waals surface area (Å²) < 4.78 is 28.7. The standard InChI is InChI=1S/C11H10O5S/c12-11(13)9-10(8-4-2-1-3-5-8)17(14,15)7-6-16-9/h1-5H,6-7H2,(H,12,13). The van der Waals surface area contributed by atoms with Crippen LogP contribution in [0.1, 0.15) is 5.56 Å². The van der Waals surface area contributed by atoms with Gasteiger partial charge in [-0.05, 0) is 5.56 Å². The summed E-state index contributed by atoms with van der Waals surface area (Å²) in [4.78, 5) is 10.7. The van der Waals surface area contributed by atoms with Crippen molar-refractivity contribution in [3.8, 4) is 0 Å². The average Bonchev–Trinajstić information content (AvgIpc) is 2.28. The van der Waals surface area contributed by atoms with E-state index in [0.717, 1.165) is 0 Å². The molecule has 1 aromatic rings. The number of carboxylic acid groups (broad SMARTS) is 1. The van der Waals surface area contributed by atoms with Gasteiger partial charge in [-0.1, -0.05) is 30.3 Å². The smallest absolute Gasteiger partial charge is 0.372 e. The second-order valence-electron chi connectivity index (χ2n) is 3.50. The predicted octanol–water partition coefficient (Wildman–Crippen LogP) is 0.885. The summed E-state index contributed by atoms with van der Waals surface area (Å²) in [5, 5.41) is 8.95. The minimum Gasteiger partial charge on any atom is -0.485 e. The largest absolute Gasteiger partial charge is 0.485 e. The van der Waals surface area contributed by atoms with Crippen LogP contribution in [0.2, 0.25) is 0 Å². The van der Waals surface area contributed by atoms with Gasteiger partial charge < -0.3 is 9.84 Å². The molecule has 0 saturated heterocycles. The van der Waals surface area contributed by atoms with Crippen molar-refractivity contribution in [2.24, 2.45) is 0 Å². The molecule has 5 nitrogen and oxygen atoms in total. The van der Waals surface area contributed by atoms with E-state index in [1.165, 1.54) is 0 Å². The summed E-state index contributed by atoms with van der Waals surface area (Å²) in [6.45, 7) is -0.125. The molecule has 17 heavy (non-hydrogen) atoms. The molecule has 1 N–H and O–H groups in total. The molecule has 0 aromatic heterocycles. The molecule has 0 bridgehead atoms. The maximum absolute atomic E-state index is 11.9. The fourth-order valence-corrected chi connectivity index (χ4v) is 3.05. The van der Waals surface area contributed by atoms with E-state index in [1.807, 2.05) is 0 Å². The van der Waals surface area contributed by atoms with Crippen molar-refractivity contribution in [3.05, 3.63) is 41.7 Å². The van der Waals surface area contributed by atoms with Gasteiger partial charge >= 0.3 is 5.97 Å². The molecule has 0 fully saturated rings. The van der Waals surface area contributed by atoms with E-state index in [0.29, 0.717) is 5.56 Å². The number of hydrogen-bond donors (Lipinski definition) is 1. The Labute approximate surface area is 98.3 Å². The Balaban J connectivity index is 2.70. The van der Waals surface area contributed by atoms with Crippen LogP contribution in [-0.2, 0) is 19.4 Å². The molecule has 0 radical (unpaired) electrons. The first-order valence-electron chi connectivity index (χ1n) is 4.91. The maximum atomic E-state index is 11.9. The van der Waals surface area contributed by atoms with Crippen molar-refractivity contribution in [3.63, 3.8) is 0 Å². The maximum Gasteiger partial charge on any atom is 0.372 e. The zero-order chi connectivity index (χ0) is 12.5. The van der Waals surface area contributed by atoms with Crippen LogP contribution in [0, 0.1) is 0 Å². The summed E-state index contributed by atoms with van der Waals surface area (Å²) in [6.07, 6.45) is 0. The zero-order valence-corrected chi connectivity index (χ0v) is 9.61. The minimum absolute atomic E-state index is 0.125. The summed E-state index contributed by atoms with van der Waals surface area (Å²) in [5.41, 5.74) is 0.338. The van der Waals surface area contributed by atoms with Gasteiger partial charge in [0.2, 0.25) is 5.76 Å². The summed E-state index contributed by atoms with van der Waals surface area (Å²) in [5.74, 6) is -2.07. The van der Waals surface area contributed by atoms with Gasteiger partial charge in [-0.3, -0.25) is 0 Å². The molecule has 2 rings (SSSR count). The third-order valence-electron chi connectivity index (χ3n) is 2.35. The lowest BCUT2D eigenvalue weighted by Crippen LogP contribution is -2.24. The molecule has 0 atom stereocenters. The molecular weight excluding hydrogens is 244 g/mol. The van der Waals surface area contributed by atoms with Crippen LogP contribution in [-0.4, -0.2) is 31.9 Å². The summed E-state index contributed by atoms with van der Waals surface area (Å²) in [7, 11) is -3.60. The lowest BCUT2D eigenvalue weighted by molar-refractivity contribution is -0.136. The first kappa shape index (κ1) is 11.7. The van der Waals surface area contributed by atoms with Crippen LogP contribution in [0.5, 0.6) is 0 Å². The summed E-state index contributed by atoms with van der Waals surface area (Å²) in [6, 6.07) is 8.10. The third-order valence-corrected chi connectivity index (χ3v) is 4.09. The van der Waals surface area contributed by atoms with Crippen molar-refractivity contribution in [2.45, 2.75) is 0 Å². The molecular formula is C11H10O5S. The van der Waals surface area contributed by atoms with Crippen LogP contribution in [0.15, 0.2) is 36.1 Å². The number of carboxylic acids is 1. The van der Waals surface area contributed by atoms with Gasteiger partial charge in [-0.2, -0.15) is 0 Å². The monoisotopic (exact) mass is 254 g/mol. The number of benzene rings is 1. The lowest BCUT2D eigenvalue weighted by Gasteiger charge is -2.19. The fraction of sp³-hybridized carbons (Fsp3) is 0.182. The van der Waals surface area contributed by atoms with Gasteiger partial charge in [-0.25, -0.2) is 13.2 Å². The van der Waals surface area contributed by atoms with E-state index in [9.17, 15) is 13.2 Å². The second-order valence-corrected chi connectivity index (χ2v) is 5.54. The van der Waals surface area contributed by atoms with E-state index in [-0.39, 0.29) is 17.3 Å². The molecule has 1 aromatic carbocycles. The topological polar surface area (TPSA) is 80.7 Å². The number of hydrogen-bond acceptors (Lipinski definition) is 4. The van der Waals surface area contributed by atoms with Gasteiger partial charge in [-0.15, -0.1) is 0 Å². The molecule has 0 aliphatic carbocycles. The highest BCUT2D eigenvalue weighted by molar-refractivity contribution is 8.00. The van der Waals surface area contributed by atoms with Crippen LogP contribution < -0.4 is 0 Å². The van der Waals surface area contributed by atoms with Crippen molar-refractivity contribution >= 4 is 20.7 Å². The van der Waals surface area contributed by atoms with Crippen LogP contribution in [0.25, 0.3) is 4.91 Å². The van der Waals surface area contributed by atoms with E-state index < -0.39 is 21.6 Å². The molecule has 0 unspecified atom stereocenters. The number of ether oxygens (including phenoxy) is 1. The van der Waals surface area contributed by atoms with Gasteiger partial charge in [0.05, 0.1) is 5.75 Å². The van der Waals surface area contributed by atoms with Gasteiger partial charge in [0.1, 0.15) is 11.5 Å². The lowest BCUT2D eigenvalue weighted by atomic mass is 10.2. The first-order valence-corrected chi connectivity index (χ1v) is 6.56. The Bertz CT molecular complexity index is 571. The Morgan fingerprint density at radius 3 is 2.47 bits per heavy atom. The first-order chi connectivity index (χ1) is 8.02. The Hall–Kier alpha value is -1.82. The van der Waals surface area contributed by atoms with E-state index in [4.69, 9.17) is 9.84 Å². The van der Waals surface area contributed by atoms with E-state index >= 15 is 0 Å².